The molecule has 1 rings (SSSR count). The Morgan fingerprint density at radius 2 is 2.15 bits per heavy atom. The molecule has 0 amide bonds. The van der Waals surface area contributed by atoms with Crippen LogP contribution in [0.25, 0.3) is 0 Å². The third-order valence-corrected chi connectivity index (χ3v) is 2.58. The lowest BCUT2D eigenvalue weighted by molar-refractivity contribution is 0.460. The molecule has 0 aliphatic rings. The van der Waals surface area contributed by atoms with Crippen molar-refractivity contribution in [2.75, 3.05) is 0 Å². The van der Waals surface area contributed by atoms with E-state index in [2.05, 4.69) is 25.8 Å². The molecule has 72 valence electrons. The number of aromatic nitrogens is 1. The Morgan fingerprint density at radius 1 is 1.46 bits per heavy atom. The van der Waals surface area contributed by atoms with Gasteiger partial charge < -0.3 is 0 Å². The first-order valence-corrected chi connectivity index (χ1v) is 5.06. The smallest absolute Gasteiger partial charge is 0.0645 e. The number of pyridine rings is 1. The Hall–Kier alpha value is -0.560. The maximum atomic E-state index is 6.08. The lowest BCUT2D eigenvalue weighted by Gasteiger charge is -2.24. The minimum absolute atomic E-state index is 0.0904. The first-order chi connectivity index (χ1) is 6.08. The van der Waals surface area contributed by atoms with E-state index >= 15 is 0 Å². The van der Waals surface area contributed by atoms with Crippen molar-refractivity contribution in [2.24, 2.45) is 0 Å². The van der Waals surface area contributed by atoms with E-state index in [9.17, 15) is 0 Å². The lowest BCUT2D eigenvalue weighted by atomic mass is 9.84. The molecule has 1 aromatic heterocycles. The number of hydrogen-bond donors (Lipinski definition) is 0. The second-order valence-corrected chi connectivity index (χ2v) is 4.37. The highest BCUT2D eigenvalue weighted by Crippen LogP contribution is 2.31. The molecular formula is C11H16ClN. The zero-order chi connectivity index (χ0) is 9.90. The summed E-state index contributed by atoms with van der Waals surface area (Å²) >= 11 is 6.08. The summed E-state index contributed by atoms with van der Waals surface area (Å²) in [4.78, 5) is 4.34. The van der Waals surface area contributed by atoms with Crippen LogP contribution in [0.1, 0.15) is 39.3 Å². The number of halogens is 1. The predicted molar refractivity (Wildman–Crippen MR) is 57.2 cm³/mol. The normalized spacial score (nSPS) is 11.7. The van der Waals surface area contributed by atoms with Gasteiger partial charge in [-0.05, 0) is 18.6 Å². The van der Waals surface area contributed by atoms with Gasteiger partial charge in [0.05, 0.1) is 10.7 Å². The second-order valence-electron chi connectivity index (χ2n) is 3.97. The van der Waals surface area contributed by atoms with E-state index in [0.29, 0.717) is 0 Å². The van der Waals surface area contributed by atoms with E-state index in [1.807, 2.05) is 12.1 Å². The lowest BCUT2D eigenvalue weighted by Crippen LogP contribution is -2.18. The molecular weight excluding hydrogens is 182 g/mol. The molecule has 0 N–H and O–H groups in total. The van der Waals surface area contributed by atoms with E-state index in [-0.39, 0.29) is 5.41 Å². The van der Waals surface area contributed by atoms with E-state index in [1.54, 1.807) is 6.20 Å². The zero-order valence-electron chi connectivity index (χ0n) is 8.47. The SMILES string of the molecule is CCCC(C)(C)c1ncccc1Cl. The molecule has 1 heterocycles. The van der Waals surface area contributed by atoms with Crippen molar-refractivity contribution in [3.8, 4) is 0 Å². The van der Waals surface area contributed by atoms with Crippen molar-refractivity contribution in [3.63, 3.8) is 0 Å². The van der Waals surface area contributed by atoms with Gasteiger partial charge in [0.1, 0.15) is 0 Å². The molecule has 0 aromatic carbocycles. The van der Waals surface area contributed by atoms with Crippen molar-refractivity contribution in [1.82, 2.24) is 4.98 Å². The Balaban J connectivity index is 2.99. The van der Waals surface area contributed by atoms with E-state index < -0.39 is 0 Å². The van der Waals surface area contributed by atoms with Crippen molar-refractivity contribution in [1.29, 1.82) is 0 Å². The summed E-state index contributed by atoms with van der Waals surface area (Å²) < 4.78 is 0. The van der Waals surface area contributed by atoms with Crippen molar-refractivity contribution in [2.45, 2.75) is 39.0 Å². The van der Waals surface area contributed by atoms with Crippen LogP contribution in [0, 0.1) is 0 Å². The van der Waals surface area contributed by atoms with Crippen LogP contribution in [0.5, 0.6) is 0 Å². The summed E-state index contributed by atoms with van der Waals surface area (Å²) in [6.07, 6.45) is 4.07. The highest BCUT2D eigenvalue weighted by Gasteiger charge is 2.23. The number of nitrogens with zero attached hydrogens (tertiary/aromatic N) is 1. The average molecular weight is 198 g/mol. The first-order valence-electron chi connectivity index (χ1n) is 4.69. The van der Waals surface area contributed by atoms with Gasteiger partial charge in [0.2, 0.25) is 0 Å². The van der Waals surface area contributed by atoms with Gasteiger partial charge >= 0.3 is 0 Å². The fourth-order valence-corrected chi connectivity index (χ4v) is 2.00. The third-order valence-electron chi connectivity index (χ3n) is 2.27. The van der Waals surface area contributed by atoms with Gasteiger partial charge in [-0.3, -0.25) is 4.98 Å². The summed E-state index contributed by atoms with van der Waals surface area (Å²) in [5.74, 6) is 0. The average Bonchev–Trinajstić information content (AvgIpc) is 2.04. The molecule has 1 nitrogen and oxygen atoms in total. The maximum Gasteiger partial charge on any atom is 0.0645 e. The summed E-state index contributed by atoms with van der Waals surface area (Å²) in [6, 6.07) is 3.77. The summed E-state index contributed by atoms with van der Waals surface area (Å²) in [5, 5.41) is 0.779. The van der Waals surface area contributed by atoms with Crippen LogP contribution in [0.2, 0.25) is 5.02 Å². The molecule has 0 aliphatic heterocycles. The zero-order valence-corrected chi connectivity index (χ0v) is 9.23. The fraction of sp³-hybridized carbons (Fsp3) is 0.545. The summed E-state index contributed by atoms with van der Waals surface area (Å²) in [5.41, 5.74) is 1.10. The van der Waals surface area contributed by atoms with Crippen LogP contribution in [0.15, 0.2) is 18.3 Å². The highest BCUT2D eigenvalue weighted by atomic mass is 35.5. The van der Waals surface area contributed by atoms with E-state index in [4.69, 9.17) is 11.6 Å². The van der Waals surface area contributed by atoms with Gasteiger partial charge in [0.15, 0.2) is 0 Å². The van der Waals surface area contributed by atoms with Gasteiger partial charge in [-0.1, -0.05) is 38.8 Å². The molecule has 13 heavy (non-hydrogen) atoms. The molecule has 0 saturated heterocycles. The molecule has 0 atom stereocenters. The van der Waals surface area contributed by atoms with Gasteiger partial charge in [0.25, 0.3) is 0 Å². The van der Waals surface area contributed by atoms with E-state index in [0.717, 1.165) is 23.6 Å². The second kappa shape index (κ2) is 4.10. The standard InChI is InChI=1S/C11H16ClN/c1-4-7-11(2,3)10-9(12)6-5-8-13-10/h5-6,8H,4,7H2,1-3H3. The minimum Gasteiger partial charge on any atom is -0.259 e. The topological polar surface area (TPSA) is 12.9 Å². The van der Waals surface area contributed by atoms with Crippen LogP contribution >= 0.6 is 11.6 Å². The van der Waals surface area contributed by atoms with Crippen LogP contribution in [-0.2, 0) is 5.41 Å². The van der Waals surface area contributed by atoms with Gasteiger partial charge in [-0.25, -0.2) is 0 Å². The van der Waals surface area contributed by atoms with Gasteiger partial charge in [0, 0.05) is 11.6 Å². The molecule has 0 spiro atoms. The monoisotopic (exact) mass is 197 g/mol. The first kappa shape index (κ1) is 10.5. The molecule has 1 aromatic rings. The van der Waals surface area contributed by atoms with E-state index in [1.165, 1.54) is 0 Å². The maximum absolute atomic E-state index is 6.08. The largest absolute Gasteiger partial charge is 0.259 e. The van der Waals surface area contributed by atoms with Crippen LogP contribution in [0.4, 0.5) is 0 Å². The quantitative estimate of drug-likeness (QED) is 0.718. The number of hydrogen-bond acceptors (Lipinski definition) is 1. The van der Waals surface area contributed by atoms with Crippen molar-refractivity contribution >= 4 is 11.6 Å². The van der Waals surface area contributed by atoms with Crippen LogP contribution < -0.4 is 0 Å². The Labute approximate surface area is 85.1 Å². The Kier molecular flexibility index (Phi) is 3.32. The minimum atomic E-state index is 0.0904. The van der Waals surface area contributed by atoms with Gasteiger partial charge in [-0.15, -0.1) is 0 Å². The molecule has 0 fully saturated rings. The molecule has 0 unspecified atom stereocenters. The van der Waals surface area contributed by atoms with Crippen molar-refractivity contribution in [3.05, 3.63) is 29.0 Å². The van der Waals surface area contributed by atoms with Gasteiger partial charge in [-0.2, -0.15) is 0 Å². The molecule has 0 bridgehead atoms. The van der Waals surface area contributed by atoms with Crippen LogP contribution in [-0.4, -0.2) is 4.98 Å². The molecule has 0 radical (unpaired) electrons. The Bertz CT molecular complexity index is 281. The summed E-state index contributed by atoms with van der Waals surface area (Å²) in [7, 11) is 0. The third kappa shape index (κ3) is 2.44. The molecule has 0 saturated carbocycles. The Morgan fingerprint density at radius 3 is 2.69 bits per heavy atom. The number of rotatable bonds is 3. The predicted octanol–water partition coefficient (Wildman–Crippen LogP) is 3.81. The molecule has 2 heteroatoms. The van der Waals surface area contributed by atoms with Crippen molar-refractivity contribution < 1.29 is 0 Å². The highest BCUT2D eigenvalue weighted by molar-refractivity contribution is 6.31. The van der Waals surface area contributed by atoms with Crippen LogP contribution in [0.3, 0.4) is 0 Å². The molecule has 0 aliphatic carbocycles. The summed E-state index contributed by atoms with van der Waals surface area (Å²) in [6.45, 7) is 6.55. The fourth-order valence-electron chi connectivity index (χ4n) is 1.63.